The van der Waals surface area contributed by atoms with E-state index >= 15 is 0 Å². The zero-order chi connectivity index (χ0) is 11.8. The number of hydrogen-bond donors (Lipinski definition) is 0. The topological polar surface area (TPSA) is 12.9 Å². The fourth-order valence-electron chi connectivity index (χ4n) is 1.64. The van der Waals surface area contributed by atoms with Crippen molar-refractivity contribution in [1.82, 2.24) is 4.98 Å². The second-order valence-electron chi connectivity index (χ2n) is 3.73. The van der Waals surface area contributed by atoms with Crippen molar-refractivity contribution in [2.45, 2.75) is 19.0 Å². The van der Waals surface area contributed by atoms with E-state index in [2.05, 4.69) is 4.98 Å². The van der Waals surface area contributed by atoms with E-state index in [1.165, 1.54) is 18.2 Å². The quantitative estimate of drug-likeness (QED) is 0.712. The monoisotopic (exact) mass is 225 g/mol. The summed E-state index contributed by atoms with van der Waals surface area (Å²) in [6.45, 7) is 1.60. The fourth-order valence-corrected chi connectivity index (χ4v) is 1.64. The van der Waals surface area contributed by atoms with Crippen LogP contribution in [0, 0.1) is 12.7 Å². The minimum absolute atomic E-state index is 0.233. The molecule has 1 aliphatic rings. The molecule has 4 heteroatoms. The summed E-state index contributed by atoms with van der Waals surface area (Å²) < 4.78 is 41.3. The standard InChI is InChI=1S/C12H10F3N/c1-8-5-6-9(13)11(16-8)12(15)7-3-2-4-10(12)14/h2-6H,7H2,1H3. The lowest BCUT2D eigenvalue weighted by molar-refractivity contribution is 0.164. The molecule has 1 aromatic rings. The summed E-state index contributed by atoms with van der Waals surface area (Å²) in [4.78, 5) is 3.75. The van der Waals surface area contributed by atoms with Gasteiger partial charge in [0, 0.05) is 12.1 Å². The molecular weight excluding hydrogens is 215 g/mol. The zero-order valence-corrected chi connectivity index (χ0v) is 8.67. The molecule has 1 heterocycles. The number of allylic oxidation sites excluding steroid dienone is 4. The van der Waals surface area contributed by atoms with Crippen LogP contribution in [-0.4, -0.2) is 4.98 Å². The van der Waals surface area contributed by atoms with Crippen LogP contribution in [0.1, 0.15) is 17.8 Å². The molecule has 0 aliphatic heterocycles. The van der Waals surface area contributed by atoms with Gasteiger partial charge in [-0.05, 0) is 25.1 Å². The van der Waals surface area contributed by atoms with Crippen molar-refractivity contribution >= 4 is 0 Å². The second-order valence-corrected chi connectivity index (χ2v) is 3.73. The summed E-state index contributed by atoms with van der Waals surface area (Å²) >= 11 is 0. The highest BCUT2D eigenvalue weighted by atomic mass is 19.2. The lowest BCUT2D eigenvalue weighted by Crippen LogP contribution is -2.25. The van der Waals surface area contributed by atoms with E-state index in [-0.39, 0.29) is 6.42 Å². The van der Waals surface area contributed by atoms with Crippen LogP contribution < -0.4 is 0 Å². The second kappa shape index (κ2) is 3.77. The lowest BCUT2D eigenvalue weighted by atomic mass is 9.91. The Kier molecular flexibility index (Phi) is 2.58. The Morgan fingerprint density at radius 3 is 2.75 bits per heavy atom. The molecule has 1 aliphatic carbocycles. The van der Waals surface area contributed by atoms with Gasteiger partial charge < -0.3 is 0 Å². The smallest absolute Gasteiger partial charge is 0.209 e. The maximum Gasteiger partial charge on any atom is 0.209 e. The Hall–Kier alpha value is -1.58. The van der Waals surface area contributed by atoms with Crippen LogP contribution in [0.4, 0.5) is 13.2 Å². The highest BCUT2D eigenvalue weighted by Gasteiger charge is 2.41. The van der Waals surface area contributed by atoms with Gasteiger partial charge in [0.1, 0.15) is 17.3 Å². The van der Waals surface area contributed by atoms with E-state index in [9.17, 15) is 13.2 Å². The highest BCUT2D eigenvalue weighted by molar-refractivity contribution is 5.33. The molecule has 1 nitrogen and oxygen atoms in total. The molecule has 0 spiro atoms. The molecule has 0 radical (unpaired) electrons. The maximum atomic E-state index is 14.3. The van der Waals surface area contributed by atoms with E-state index in [0.717, 1.165) is 12.1 Å². The summed E-state index contributed by atoms with van der Waals surface area (Å²) in [7, 11) is 0. The van der Waals surface area contributed by atoms with Gasteiger partial charge in [-0.3, -0.25) is 4.98 Å². The molecule has 2 rings (SSSR count). The van der Waals surface area contributed by atoms with Crippen LogP contribution >= 0.6 is 0 Å². The molecule has 1 atom stereocenters. The number of alkyl halides is 1. The number of halogens is 3. The van der Waals surface area contributed by atoms with Crippen molar-refractivity contribution in [2.75, 3.05) is 0 Å². The molecular formula is C12H10F3N. The third-order valence-corrected chi connectivity index (χ3v) is 2.52. The Morgan fingerprint density at radius 1 is 1.31 bits per heavy atom. The van der Waals surface area contributed by atoms with Crippen molar-refractivity contribution in [3.05, 3.63) is 53.4 Å². The van der Waals surface area contributed by atoms with Crippen LogP contribution in [0.3, 0.4) is 0 Å². The van der Waals surface area contributed by atoms with Gasteiger partial charge in [-0.1, -0.05) is 12.2 Å². The van der Waals surface area contributed by atoms with E-state index in [4.69, 9.17) is 0 Å². The molecule has 0 aromatic carbocycles. The molecule has 0 fully saturated rings. The average molecular weight is 225 g/mol. The third kappa shape index (κ3) is 1.64. The summed E-state index contributed by atoms with van der Waals surface area (Å²) in [5.74, 6) is -1.83. The maximum absolute atomic E-state index is 14.3. The van der Waals surface area contributed by atoms with Crippen LogP contribution in [0.25, 0.3) is 0 Å². The first kappa shape index (κ1) is 10.9. The predicted molar refractivity (Wildman–Crippen MR) is 54.7 cm³/mol. The van der Waals surface area contributed by atoms with Gasteiger partial charge in [-0.2, -0.15) is 0 Å². The minimum atomic E-state index is -2.47. The molecule has 0 saturated carbocycles. The molecule has 1 unspecified atom stereocenters. The Morgan fingerprint density at radius 2 is 2.06 bits per heavy atom. The van der Waals surface area contributed by atoms with Gasteiger partial charge in [0.2, 0.25) is 5.67 Å². The molecule has 0 N–H and O–H groups in total. The number of rotatable bonds is 1. The summed E-state index contributed by atoms with van der Waals surface area (Å²) in [6.07, 6.45) is 3.61. The molecule has 16 heavy (non-hydrogen) atoms. The minimum Gasteiger partial charge on any atom is -0.251 e. The number of aryl methyl sites for hydroxylation is 1. The van der Waals surface area contributed by atoms with Gasteiger partial charge in [-0.25, -0.2) is 13.2 Å². The van der Waals surface area contributed by atoms with Crippen molar-refractivity contribution in [1.29, 1.82) is 0 Å². The molecule has 0 bridgehead atoms. The van der Waals surface area contributed by atoms with Crippen LogP contribution in [0.5, 0.6) is 0 Å². The van der Waals surface area contributed by atoms with Gasteiger partial charge in [0.15, 0.2) is 0 Å². The first-order valence-electron chi connectivity index (χ1n) is 4.89. The molecule has 1 aromatic heterocycles. The van der Waals surface area contributed by atoms with Crippen LogP contribution in [0.2, 0.25) is 0 Å². The van der Waals surface area contributed by atoms with Crippen molar-refractivity contribution in [3.63, 3.8) is 0 Å². The number of nitrogens with zero attached hydrogens (tertiary/aromatic N) is 1. The van der Waals surface area contributed by atoms with Crippen molar-refractivity contribution < 1.29 is 13.2 Å². The van der Waals surface area contributed by atoms with Crippen LogP contribution in [0.15, 0.2) is 36.2 Å². The number of pyridine rings is 1. The van der Waals surface area contributed by atoms with Gasteiger partial charge in [0.25, 0.3) is 0 Å². The Bertz CT molecular complexity index is 479. The SMILES string of the molecule is Cc1ccc(F)c(C2(F)CC=CC=C2F)n1. The largest absolute Gasteiger partial charge is 0.251 e. The predicted octanol–water partition coefficient (Wildman–Crippen LogP) is 3.51. The summed E-state index contributed by atoms with van der Waals surface area (Å²) in [6, 6.07) is 2.52. The van der Waals surface area contributed by atoms with E-state index < -0.39 is 23.0 Å². The summed E-state index contributed by atoms with van der Waals surface area (Å²) in [5, 5.41) is 0. The highest BCUT2D eigenvalue weighted by Crippen LogP contribution is 2.40. The Labute approximate surface area is 91.3 Å². The summed E-state index contributed by atoms with van der Waals surface area (Å²) in [5.41, 5.74) is -2.49. The first-order chi connectivity index (χ1) is 7.54. The Balaban J connectivity index is 2.55. The number of hydrogen-bond acceptors (Lipinski definition) is 1. The first-order valence-corrected chi connectivity index (χ1v) is 4.89. The fraction of sp³-hybridized carbons (Fsp3) is 0.250. The normalized spacial score (nSPS) is 24.4. The molecule has 0 amide bonds. The number of aromatic nitrogens is 1. The van der Waals surface area contributed by atoms with Crippen molar-refractivity contribution in [3.8, 4) is 0 Å². The zero-order valence-electron chi connectivity index (χ0n) is 8.67. The van der Waals surface area contributed by atoms with Gasteiger partial charge >= 0.3 is 0 Å². The molecule has 84 valence electrons. The van der Waals surface area contributed by atoms with Gasteiger partial charge in [0.05, 0.1) is 0 Å². The average Bonchev–Trinajstić information content (AvgIpc) is 2.26. The van der Waals surface area contributed by atoms with E-state index in [1.54, 1.807) is 6.92 Å². The van der Waals surface area contributed by atoms with E-state index in [1.807, 2.05) is 0 Å². The van der Waals surface area contributed by atoms with Gasteiger partial charge in [-0.15, -0.1) is 0 Å². The van der Waals surface area contributed by atoms with Crippen LogP contribution in [-0.2, 0) is 5.67 Å². The van der Waals surface area contributed by atoms with E-state index in [0.29, 0.717) is 5.69 Å². The third-order valence-electron chi connectivity index (χ3n) is 2.52. The lowest BCUT2D eigenvalue weighted by Gasteiger charge is -2.24. The van der Waals surface area contributed by atoms with Crippen molar-refractivity contribution in [2.24, 2.45) is 0 Å². The molecule has 0 saturated heterocycles.